The Labute approximate surface area is 110 Å². The highest BCUT2D eigenvalue weighted by atomic mass is 16.5. The summed E-state index contributed by atoms with van der Waals surface area (Å²) in [4.78, 5) is 2.52. The summed E-state index contributed by atoms with van der Waals surface area (Å²) in [5.74, 6) is 0.892. The standard InChI is InChI=1S/C15H24N2O/c1-15(2)6-7-17(11-15)10-12-4-5-14(18-3)13(8-12)9-16/h4-5,8H,6-7,9-11,16H2,1-3H3. The zero-order valence-corrected chi connectivity index (χ0v) is 11.7. The molecule has 1 aromatic rings. The van der Waals surface area contributed by atoms with Gasteiger partial charge in [-0.25, -0.2) is 0 Å². The van der Waals surface area contributed by atoms with Crippen molar-refractivity contribution in [1.82, 2.24) is 4.90 Å². The van der Waals surface area contributed by atoms with Gasteiger partial charge in [-0.3, -0.25) is 4.90 Å². The molecule has 1 aromatic carbocycles. The number of methoxy groups -OCH3 is 1. The van der Waals surface area contributed by atoms with Crippen molar-refractivity contribution in [2.75, 3.05) is 20.2 Å². The zero-order chi connectivity index (χ0) is 13.2. The molecule has 1 heterocycles. The smallest absolute Gasteiger partial charge is 0.123 e. The van der Waals surface area contributed by atoms with E-state index in [1.807, 2.05) is 6.07 Å². The summed E-state index contributed by atoms with van der Waals surface area (Å²) in [7, 11) is 1.69. The van der Waals surface area contributed by atoms with Crippen LogP contribution in [0.4, 0.5) is 0 Å². The summed E-state index contributed by atoms with van der Waals surface area (Å²) in [5, 5.41) is 0. The Morgan fingerprint density at radius 3 is 2.72 bits per heavy atom. The Morgan fingerprint density at radius 2 is 2.17 bits per heavy atom. The van der Waals surface area contributed by atoms with Crippen LogP contribution in [-0.2, 0) is 13.1 Å². The van der Waals surface area contributed by atoms with Crippen LogP contribution in [-0.4, -0.2) is 25.1 Å². The topological polar surface area (TPSA) is 38.5 Å². The summed E-state index contributed by atoms with van der Waals surface area (Å²) in [6.45, 7) is 8.59. The first-order valence-electron chi connectivity index (χ1n) is 6.62. The highest BCUT2D eigenvalue weighted by molar-refractivity contribution is 5.37. The van der Waals surface area contributed by atoms with Gasteiger partial charge in [-0.15, -0.1) is 0 Å². The molecule has 18 heavy (non-hydrogen) atoms. The first-order chi connectivity index (χ1) is 8.54. The van der Waals surface area contributed by atoms with Crippen molar-refractivity contribution in [2.24, 2.45) is 11.1 Å². The number of ether oxygens (including phenoxy) is 1. The molecule has 1 fully saturated rings. The van der Waals surface area contributed by atoms with E-state index in [1.165, 1.54) is 25.1 Å². The summed E-state index contributed by atoms with van der Waals surface area (Å²) >= 11 is 0. The molecule has 1 aliphatic heterocycles. The fourth-order valence-corrected chi connectivity index (χ4v) is 2.71. The highest BCUT2D eigenvalue weighted by Gasteiger charge is 2.28. The molecule has 0 saturated carbocycles. The third kappa shape index (κ3) is 3.03. The average Bonchev–Trinajstić information content (AvgIpc) is 2.68. The molecule has 2 rings (SSSR count). The number of nitrogens with two attached hydrogens (primary N) is 1. The lowest BCUT2D eigenvalue weighted by Gasteiger charge is -2.20. The van der Waals surface area contributed by atoms with Crippen LogP contribution >= 0.6 is 0 Å². The van der Waals surface area contributed by atoms with Crippen molar-refractivity contribution in [3.8, 4) is 5.75 Å². The molecule has 3 nitrogen and oxygen atoms in total. The SMILES string of the molecule is COc1ccc(CN2CCC(C)(C)C2)cc1CN. The minimum Gasteiger partial charge on any atom is -0.496 e. The van der Waals surface area contributed by atoms with Crippen LogP contribution in [0, 0.1) is 5.41 Å². The minimum absolute atomic E-state index is 0.461. The van der Waals surface area contributed by atoms with Crippen LogP contribution < -0.4 is 10.5 Å². The fraction of sp³-hybridized carbons (Fsp3) is 0.600. The number of hydrogen-bond acceptors (Lipinski definition) is 3. The summed E-state index contributed by atoms with van der Waals surface area (Å²) in [5.41, 5.74) is 8.63. The van der Waals surface area contributed by atoms with E-state index in [9.17, 15) is 0 Å². The van der Waals surface area contributed by atoms with Gasteiger partial charge in [-0.1, -0.05) is 19.9 Å². The number of hydrogen-bond donors (Lipinski definition) is 1. The summed E-state index contributed by atoms with van der Waals surface area (Å²) in [6, 6.07) is 6.34. The van der Waals surface area contributed by atoms with E-state index < -0.39 is 0 Å². The van der Waals surface area contributed by atoms with Crippen LogP contribution in [0.1, 0.15) is 31.4 Å². The third-order valence-corrected chi connectivity index (χ3v) is 3.73. The molecule has 3 heteroatoms. The fourth-order valence-electron chi connectivity index (χ4n) is 2.71. The Balaban J connectivity index is 2.06. The molecule has 0 aliphatic carbocycles. The second-order valence-corrected chi connectivity index (χ2v) is 5.98. The first-order valence-corrected chi connectivity index (χ1v) is 6.62. The van der Waals surface area contributed by atoms with Crippen molar-refractivity contribution in [3.05, 3.63) is 29.3 Å². The van der Waals surface area contributed by atoms with Gasteiger partial charge in [0, 0.05) is 25.2 Å². The van der Waals surface area contributed by atoms with Crippen molar-refractivity contribution in [3.63, 3.8) is 0 Å². The number of likely N-dealkylation sites (tertiary alicyclic amines) is 1. The van der Waals surface area contributed by atoms with Gasteiger partial charge in [0.2, 0.25) is 0 Å². The molecule has 0 aromatic heterocycles. The van der Waals surface area contributed by atoms with Crippen LogP contribution in [0.5, 0.6) is 5.75 Å². The van der Waals surface area contributed by atoms with Gasteiger partial charge >= 0.3 is 0 Å². The quantitative estimate of drug-likeness (QED) is 0.889. The van der Waals surface area contributed by atoms with Crippen LogP contribution in [0.2, 0.25) is 0 Å². The van der Waals surface area contributed by atoms with E-state index >= 15 is 0 Å². The molecule has 0 radical (unpaired) electrons. The predicted octanol–water partition coefficient (Wildman–Crippen LogP) is 2.39. The van der Waals surface area contributed by atoms with Crippen molar-refractivity contribution in [2.45, 2.75) is 33.4 Å². The van der Waals surface area contributed by atoms with Crippen LogP contribution in [0.15, 0.2) is 18.2 Å². The maximum absolute atomic E-state index is 5.75. The molecule has 0 amide bonds. The van der Waals surface area contributed by atoms with Gasteiger partial charge < -0.3 is 10.5 Å². The van der Waals surface area contributed by atoms with E-state index in [2.05, 4.69) is 30.9 Å². The second-order valence-electron chi connectivity index (χ2n) is 5.98. The number of nitrogens with zero attached hydrogens (tertiary/aromatic N) is 1. The predicted molar refractivity (Wildman–Crippen MR) is 74.6 cm³/mol. The Kier molecular flexibility index (Phi) is 3.93. The second kappa shape index (κ2) is 5.29. The van der Waals surface area contributed by atoms with Gasteiger partial charge in [0.15, 0.2) is 0 Å². The van der Waals surface area contributed by atoms with Crippen LogP contribution in [0.25, 0.3) is 0 Å². The Bertz CT molecular complexity index is 415. The Hall–Kier alpha value is -1.06. The molecule has 1 aliphatic rings. The molecular weight excluding hydrogens is 224 g/mol. The molecule has 0 spiro atoms. The minimum atomic E-state index is 0.461. The summed E-state index contributed by atoms with van der Waals surface area (Å²) < 4.78 is 5.30. The highest BCUT2D eigenvalue weighted by Crippen LogP contribution is 2.30. The van der Waals surface area contributed by atoms with Gasteiger partial charge in [-0.2, -0.15) is 0 Å². The maximum atomic E-state index is 5.75. The molecular formula is C15H24N2O. The normalized spacial score (nSPS) is 19.1. The molecule has 0 unspecified atom stereocenters. The van der Waals surface area contributed by atoms with Crippen LogP contribution in [0.3, 0.4) is 0 Å². The number of benzene rings is 1. The lowest BCUT2D eigenvalue weighted by Crippen LogP contribution is -2.23. The molecule has 0 atom stereocenters. The lowest BCUT2D eigenvalue weighted by molar-refractivity contribution is 0.284. The van der Waals surface area contributed by atoms with Crippen molar-refractivity contribution in [1.29, 1.82) is 0 Å². The van der Waals surface area contributed by atoms with E-state index in [0.717, 1.165) is 17.9 Å². The Morgan fingerprint density at radius 1 is 1.39 bits per heavy atom. The molecule has 0 bridgehead atoms. The number of rotatable bonds is 4. The monoisotopic (exact) mass is 248 g/mol. The summed E-state index contributed by atoms with van der Waals surface area (Å²) in [6.07, 6.45) is 1.28. The lowest BCUT2D eigenvalue weighted by atomic mass is 9.93. The molecule has 1 saturated heterocycles. The van der Waals surface area contributed by atoms with Gasteiger partial charge in [0.05, 0.1) is 7.11 Å². The van der Waals surface area contributed by atoms with Crippen molar-refractivity contribution < 1.29 is 4.74 Å². The van der Waals surface area contributed by atoms with Gasteiger partial charge in [-0.05, 0) is 36.1 Å². The zero-order valence-electron chi connectivity index (χ0n) is 11.7. The molecule has 100 valence electrons. The first kappa shape index (κ1) is 13.4. The van der Waals surface area contributed by atoms with Gasteiger partial charge in [0.25, 0.3) is 0 Å². The van der Waals surface area contributed by atoms with E-state index in [1.54, 1.807) is 7.11 Å². The largest absolute Gasteiger partial charge is 0.496 e. The molecule has 2 N–H and O–H groups in total. The van der Waals surface area contributed by atoms with E-state index in [-0.39, 0.29) is 0 Å². The third-order valence-electron chi connectivity index (χ3n) is 3.73. The van der Waals surface area contributed by atoms with Gasteiger partial charge in [0.1, 0.15) is 5.75 Å². The van der Waals surface area contributed by atoms with E-state index in [4.69, 9.17) is 10.5 Å². The average molecular weight is 248 g/mol. The maximum Gasteiger partial charge on any atom is 0.123 e. The van der Waals surface area contributed by atoms with Crippen molar-refractivity contribution >= 4 is 0 Å². The van der Waals surface area contributed by atoms with E-state index in [0.29, 0.717) is 12.0 Å².